The highest BCUT2D eigenvalue weighted by molar-refractivity contribution is 6.06. The fraction of sp³-hybridized carbons (Fsp3) is 0.314. The quantitative estimate of drug-likeness (QED) is 0.163. The molecule has 1 heterocycles. The van der Waals surface area contributed by atoms with E-state index in [9.17, 15) is 9.59 Å². The van der Waals surface area contributed by atoms with Crippen LogP contribution in [0.2, 0.25) is 0 Å². The van der Waals surface area contributed by atoms with Crippen molar-refractivity contribution in [3.63, 3.8) is 0 Å². The summed E-state index contributed by atoms with van der Waals surface area (Å²) in [6, 6.07) is 20.2. The topological polar surface area (TPSA) is 109 Å². The van der Waals surface area contributed by atoms with Crippen molar-refractivity contribution in [2.45, 2.75) is 34.6 Å². The number of hydrogen-bond acceptors (Lipinski definition) is 8. The smallest absolute Gasteiger partial charge is 0.262 e. The highest BCUT2D eigenvalue weighted by atomic mass is 16.5. The Bertz CT molecular complexity index is 1600. The van der Waals surface area contributed by atoms with Gasteiger partial charge in [-0.2, -0.15) is 4.98 Å². The number of para-hydroxylation sites is 3. The molecule has 1 aromatic heterocycles. The second-order valence-electron chi connectivity index (χ2n) is 10.6. The summed E-state index contributed by atoms with van der Waals surface area (Å²) in [7, 11) is 1.81. The van der Waals surface area contributed by atoms with Crippen LogP contribution < -0.4 is 20.1 Å². The molecule has 0 fully saturated rings. The molecule has 0 aliphatic carbocycles. The Hall–Kier alpha value is -4.96. The van der Waals surface area contributed by atoms with Gasteiger partial charge in [-0.1, -0.05) is 50.2 Å². The predicted molar refractivity (Wildman–Crippen MR) is 178 cm³/mol. The fourth-order valence-electron chi connectivity index (χ4n) is 4.78. The van der Waals surface area contributed by atoms with Gasteiger partial charge >= 0.3 is 0 Å². The van der Waals surface area contributed by atoms with Gasteiger partial charge < -0.3 is 29.9 Å². The zero-order valence-corrected chi connectivity index (χ0v) is 26.9. The number of carbonyl (C=O) groups excluding carboxylic acids is 2. The molecule has 2 amide bonds. The normalized spacial score (nSPS) is 10.8. The maximum absolute atomic E-state index is 13.6. The molecule has 0 saturated heterocycles. The molecule has 0 saturated carbocycles. The molecule has 0 bridgehead atoms. The van der Waals surface area contributed by atoms with Crippen LogP contribution in [0.3, 0.4) is 0 Å². The molecule has 4 rings (SSSR count). The lowest BCUT2D eigenvalue weighted by Gasteiger charge is -2.23. The SMILES string of the molecule is CCOc1ccccc1Oc1nc(Nc2cccc(C(=O)N(C)CCN(CC)CC)c2)ncc1C(=O)Nc1c(C)cccc1C. The maximum Gasteiger partial charge on any atom is 0.262 e. The van der Waals surface area contributed by atoms with Crippen molar-refractivity contribution in [1.29, 1.82) is 0 Å². The summed E-state index contributed by atoms with van der Waals surface area (Å²) >= 11 is 0. The molecule has 0 unspecified atom stereocenters. The maximum atomic E-state index is 13.6. The van der Waals surface area contributed by atoms with Crippen LogP contribution in [0, 0.1) is 13.8 Å². The number of aromatic nitrogens is 2. The number of aryl methyl sites for hydroxylation is 2. The summed E-state index contributed by atoms with van der Waals surface area (Å²) in [6.07, 6.45) is 1.42. The molecule has 0 spiro atoms. The van der Waals surface area contributed by atoms with Gasteiger partial charge in [0.15, 0.2) is 11.5 Å². The third-order valence-corrected chi connectivity index (χ3v) is 7.43. The van der Waals surface area contributed by atoms with Crippen molar-refractivity contribution < 1.29 is 19.1 Å². The van der Waals surface area contributed by atoms with E-state index in [2.05, 4.69) is 39.3 Å². The van der Waals surface area contributed by atoms with E-state index in [1.165, 1.54) is 6.20 Å². The van der Waals surface area contributed by atoms with Gasteiger partial charge in [-0.15, -0.1) is 0 Å². The number of amides is 2. The Kier molecular flexibility index (Phi) is 11.5. The van der Waals surface area contributed by atoms with E-state index >= 15 is 0 Å². The molecule has 0 aliphatic rings. The average Bonchev–Trinajstić information content (AvgIpc) is 3.04. The Labute approximate surface area is 265 Å². The van der Waals surface area contributed by atoms with Crippen molar-refractivity contribution in [3.8, 4) is 17.4 Å². The van der Waals surface area contributed by atoms with E-state index in [1.807, 2.05) is 57.2 Å². The van der Waals surface area contributed by atoms with Gasteiger partial charge in [-0.3, -0.25) is 9.59 Å². The number of ether oxygens (including phenoxy) is 2. The lowest BCUT2D eigenvalue weighted by Crippen LogP contribution is -2.36. The molecule has 0 atom stereocenters. The number of nitrogens with one attached hydrogen (secondary N) is 2. The third-order valence-electron chi connectivity index (χ3n) is 7.43. The van der Waals surface area contributed by atoms with Gasteiger partial charge in [0.05, 0.1) is 6.61 Å². The first-order chi connectivity index (χ1) is 21.7. The zero-order chi connectivity index (χ0) is 32.3. The molecule has 2 N–H and O–H groups in total. The second kappa shape index (κ2) is 15.7. The van der Waals surface area contributed by atoms with Gasteiger partial charge in [-0.05, 0) is 75.3 Å². The number of benzene rings is 3. The highest BCUT2D eigenvalue weighted by Crippen LogP contribution is 2.33. The molecule has 4 aromatic rings. The number of nitrogens with zero attached hydrogens (tertiary/aromatic N) is 4. The molecule has 0 aliphatic heterocycles. The number of carbonyl (C=O) groups is 2. The molecular formula is C35H42N6O4. The van der Waals surface area contributed by atoms with Gasteiger partial charge in [0.1, 0.15) is 5.56 Å². The van der Waals surface area contributed by atoms with E-state index in [0.29, 0.717) is 41.6 Å². The molecule has 236 valence electrons. The van der Waals surface area contributed by atoms with Gasteiger partial charge in [0.25, 0.3) is 11.8 Å². The highest BCUT2D eigenvalue weighted by Gasteiger charge is 2.21. The van der Waals surface area contributed by atoms with Crippen LogP contribution in [0.1, 0.15) is 52.6 Å². The Morgan fingerprint density at radius 1 is 0.867 bits per heavy atom. The van der Waals surface area contributed by atoms with Crippen LogP contribution in [0.5, 0.6) is 17.4 Å². The molecule has 3 aromatic carbocycles. The van der Waals surface area contributed by atoms with Crippen molar-refractivity contribution >= 4 is 29.1 Å². The molecule has 0 radical (unpaired) electrons. The van der Waals surface area contributed by atoms with Crippen LogP contribution in [0.4, 0.5) is 17.3 Å². The first-order valence-corrected chi connectivity index (χ1v) is 15.2. The number of hydrogen-bond donors (Lipinski definition) is 2. The third kappa shape index (κ3) is 8.57. The second-order valence-corrected chi connectivity index (χ2v) is 10.6. The molecular weight excluding hydrogens is 568 g/mol. The summed E-state index contributed by atoms with van der Waals surface area (Å²) in [4.78, 5) is 39.7. The summed E-state index contributed by atoms with van der Waals surface area (Å²) in [5, 5.41) is 6.15. The van der Waals surface area contributed by atoms with Crippen molar-refractivity contribution in [3.05, 3.63) is 95.2 Å². The lowest BCUT2D eigenvalue weighted by molar-refractivity contribution is 0.0779. The number of anilines is 3. The van der Waals surface area contributed by atoms with Crippen LogP contribution in [0.15, 0.2) is 72.9 Å². The lowest BCUT2D eigenvalue weighted by atomic mass is 10.1. The first kappa shape index (κ1) is 32.9. The largest absolute Gasteiger partial charge is 0.490 e. The van der Waals surface area contributed by atoms with E-state index < -0.39 is 5.91 Å². The first-order valence-electron chi connectivity index (χ1n) is 15.2. The van der Waals surface area contributed by atoms with Crippen LogP contribution >= 0.6 is 0 Å². The van der Waals surface area contributed by atoms with E-state index in [1.54, 1.807) is 42.3 Å². The fourth-order valence-corrected chi connectivity index (χ4v) is 4.78. The van der Waals surface area contributed by atoms with E-state index in [-0.39, 0.29) is 23.3 Å². The predicted octanol–water partition coefficient (Wildman–Crippen LogP) is 6.69. The standard InChI is InChI=1S/C35H42N6O4/c1-7-41(8-2)21-20-40(6)34(43)26-16-13-17-27(22-26)37-35-36-23-28(32(42)38-31-24(4)14-12-15-25(31)5)33(39-35)45-30-19-11-10-18-29(30)44-9-3/h10-19,22-23H,7-9,20-21H2,1-6H3,(H,38,42)(H,36,37,39). The summed E-state index contributed by atoms with van der Waals surface area (Å²) in [5.74, 6) is 0.676. The van der Waals surface area contributed by atoms with Crippen molar-refractivity contribution in [2.75, 3.05) is 50.5 Å². The van der Waals surface area contributed by atoms with Crippen LogP contribution in [-0.4, -0.2) is 71.4 Å². The molecule has 45 heavy (non-hydrogen) atoms. The summed E-state index contributed by atoms with van der Waals surface area (Å²) < 4.78 is 11.9. The number of likely N-dealkylation sites (N-methyl/N-ethyl adjacent to an activating group) is 2. The summed E-state index contributed by atoms with van der Waals surface area (Å²) in [5.41, 5.74) is 3.88. The monoisotopic (exact) mass is 610 g/mol. The molecule has 10 heteroatoms. The average molecular weight is 611 g/mol. The Balaban J connectivity index is 1.61. The minimum Gasteiger partial charge on any atom is -0.490 e. The van der Waals surface area contributed by atoms with Crippen LogP contribution in [0.25, 0.3) is 0 Å². The molecule has 10 nitrogen and oxygen atoms in total. The Morgan fingerprint density at radius 3 is 2.24 bits per heavy atom. The van der Waals surface area contributed by atoms with Gasteiger partial charge in [-0.25, -0.2) is 4.98 Å². The Morgan fingerprint density at radius 2 is 1.56 bits per heavy atom. The van der Waals surface area contributed by atoms with E-state index in [0.717, 1.165) is 30.8 Å². The summed E-state index contributed by atoms with van der Waals surface area (Å²) in [6.45, 7) is 13.7. The van der Waals surface area contributed by atoms with E-state index in [4.69, 9.17) is 9.47 Å². The minimum atomic E-state index is -0.414. The zero-order valence-electron chi connectivity index (χ0n) is 26.9. The minimum absolute atomic E-state index is 0.0479. The van der Waals surface area contributed by atoms with Gasteiger partial charge in [0, 0.05) is 43.3 Å². The van der Waals surface area contributed by atoms with Gasteiger partial charge in [0.2, 0.25) is 11.8 Å². The van der Waals surface area contributed by atoms with Crippen molar-refractivity contribution in [1.82, 2.24) is 19.8 Å². The number of rotatable bonds is 14. The van der Waals surface area contributed by atoms with Crippen molar-refractivity contribution in [2.24, 2.45) is 0 Å². The van der Waals surface area contributed by atoms with Crippen LogP contribution in [-0.2, 0) is 0 Å².